The van der Waals surface area contributed by atoms with Gasteiger partial charge in [0.1, 0.15) is 0 Å². The molecule has 1 aromatic heterocycles. The van der Waals surface area contributed by atoms with Crippen LogP contribution in [0.2, 0.25) is 0 Å². The van der Waals surface area contributed by atoms with Crippen molar-refractivity contribution in [3.05, 3.63) is 30.1 Å². The molecule has 0 aliphatic carbocycles. The number of hydrogen-bond acceptors (Lipinski definition) is 6. The van der Waals surface area contributed by atoms with E-state index in [0.29, 0.717) is 0 Å². The summed E-state index contributed by atoms with van der Waals surface area (Å²) >= 11 is 0. The van der Waals surface area contributed by atoms with Crippen LogP contribution < -0.4 is 5.90 Å². The topological polar surface area (TPSA) is 106 Å². The summed E-state index contributed by atoms with van der Waals surface area (Å²) in [4.78, 5) is 16.9. The normalized spacial score (nSPS) is 8.33. The summed E-state index contributed by atoms with van der Waals surface area (Å²) in [6, 6.07) is 3.94. The van der Waals surface area contributed by atoms with E-state index in [1.165, 1.54) is 5.56 Å². The van der Waals surface area contributed by atoms with E-state index >= 15 is 0 Å². The first-order chi connectivity index (χ1) is 6.57. The molecule has 4 N–H and O–H groups in total. The number of carbonyl (C=O) groups is 1. The third kappa shape index (κ3) is 9.49. The molecule has 0 amide bonds. The summed E-state index contributed by atoms with van der Waals surface area (Å²) in [5.74, 6) is 2.94. The number of pyridine rings is 1. The third-order valence-corrected chi connectivity index (χ3v) is 1.17. The van der Waals surface area contributed by atoms with Gasteiger partial charge in [-0.15, -0.1) is 0 Å². The van der Waals surface area contributed by atoms with Gasteiger partial charge >= 0.3 is 5.97 Å². The number of nitrogens with zero attached hydrogens (tertiary/aromatic N) is 1. The zero-order valence-corrected chi connectivity index (χ0v) is 10.2. The van der Waals surface area contributed by atoms with Crippen LogP contribution in [-0.4, -0.2) is 27.5 Å². The summed E-state index contributed by atoms with van der Waals surface area (Å²) in [6.07, 6.45) is 1.45. The van der Waals surface area contributed by atoms with Crippen LogP contribution in [0.1, 0.15) is 5.56 Å². The maximum atomic E-state index is 9.66. The second kappa shape index (κ2) is 9.73. The van der Waals surface area contributed by atoms with Gasteiger partial charge in [-0.2, -0.15) is 5.90 Å². The van der Waals surface area contributed by atoms with Crippen molar-refractivity contribution >= 4 is 5.97 Å². The molecule has 0 saturated carbocycles. The molecule has 0 atom stereocenters. The van der Waals surface area contributed by atoms with Crippen molar-refractivity contribution in [1.29, 1.82) is 0 Å². The van der Waals surface area contributed by atoms with Crippen molar-refractivity contribution in [2.75, 3.05) is 0 Å². The van der Waals surface area contributed by atoms with Crippen molar-refractivity contribution in [2.45, 2.75) is 13.2 Å². The summed E-state index contributed by atoms with van der Waals surface area (Å²) < 4.78 is 0. The monoisotopic (exact) mass is 395 g/mol. The van der Waals surface area contributed by atoms with Crippen molar-refractivity contribution < 1.29 is 40.9 Å². The Kier molecular flexibility index (Phi) is 10.8. The van der Waals surface area contributed by atoms with Crippen LogP contribution in [0.4, 0.5) is 0 Å². The van der Waals surface area contributed by atoms with E-state index in [-0.39, 0.29) is 21.1 Å². The molecular formula is C8H12N2O4Pt. The van der Waals surface area contributed by atoms with Crippen LogP contribution >= 0.6 is 0 Å². The molecule has 0 bridgehead atoms. The molecule has 6 nitrogen and oxygen atoms in total. The van der Waals surface area contributed by atoms with Gasteiger partial charge in [0.15, 0.2) is 0 Å². The van der Waals surface area contributed by atoms with Gasteiger partial charge in [-0.3, -0.25) is 4.98 Å². The van der Waals surface area contributed by atoms with E-state index < -0.39 is 12.3 Å². The number of rotatable bonds is 1. The van der Waals surface area contributed by atoms with E-state index in [4.69, 9.17) is 10.2 Å². The summed E-state index contributed by atoms with van der Waals surface area (Å²) in [7, 11) is 0. The van der Waals surface area contributed by atoms with E-state index in [1.54, 1.807) is 12.4 Å². The van der Waals surface area contributed by atoms with Gasteiger partial charge in [-0.1, -0.05) is 0 Å². The van der Waals surface area contributed by atoms with Crippen molar-refractivity contribution in [1.82, 2.24) is 4.98 Å². The first kappa shape index (κ1) is 16.6. The Bertz CT molecular complexity index is 269. The molecule has 0 aliphatic rings. The van der Waals surface area contributed by atoms with Crippen LogP contribution in [-0.2, 0) is 30.7 Å². The third-order valence-electron chi connectivity index (χ3n) is 1.17. The molecule has 7 heteroatoms. The van der Waals surface area contributed by atoms with Gasteiger partial charge in [0, 0.05) is 33.5 Å². The maximum Gasteiger partial charge on any atom is 0.381 e. The minimum atomic E-state index is -2.12. The van der Waals surface area contributed by atoms with Crippen LogP contribution in [0.5, 0.6) is 0 Å². The van der Waals surface area contributed by atoms with Crippen molar-refractivity contribution in [3.8, 4) is 0 Å². The Labute approximate surface area is 101 Å². The number of carbonyl (C=O) groups excluding carboxylic acids is 1. The largest absolute Gasteiger partial charge is 0.381 e. The first-order valence-corrected chi connectivity index (χ1v) is 3.71. The predicted octanol–water partition coefficient (Wildman–Crippen LogP) is -0.898. The molecule has 0 spiro atoms. The Morgan fingerprint density at radius 2 is 1.93 bits per heavy atom. The van der Waals surface area contributed by atoms with Gasteiger partial charge in [-0.05, 0) is 24.6 Å². The average molecular weight is 395 g/mol. The maximum absolute atomic E-state index is 9.66. The number of hydrogen-bond donors (Lipinski definition) is 3. The van der Waals surface area contributed by atoms with Crippen LogP contribution in [0.25, 0.3) is 0 Å². The summed E-state index contributed by atoms with van der Waals surface area (Å²) in [5, 5.41) is 15.6. The molecule has 1 rings (SSSR count). The van der Waals surface area contributed by atoms with E-state index in [9.17, 15) is 4.79 Å². The molecule has 1 aromatic rings. The Balaban J connectivity index is 0. The average Bonchev–Trinajstić information content (AvgIpc) is 2.18. The van der Waals surface area contributed by atoms with E-state index in [0.717, 1.165) is 0 Å². The molecule has 88 valence electrons. The minimum Gasteiger partial charge on any atom is -0.370 e. The van der Waals surface area contributed by atoms with Crippen LogP contribution in [0, 0.1) is 6.92 Å². The van der Waals surface area contributed by atoms with Crippen molar-refractivity contribution in [3.63, 3.8) is 0 Å². The minimum absolute atomic E-state index is 0. The Morgan fingerprint density at radius 1 is 1.47 bits per heavy atom. The molecule has 0 aromatic carbocycles. The Morgan fingerprint density at radius 3 is 2.07 bits per heavy atom. The number of aryl methyl sites for hydroxylation is 1. The molecule has 0 radical (unpaired) electrons. The Hall–Kier alpha value is -0.812. The zero-order valence-electron chi connectivity index (χ0n) is 7.94. The standard InChI is InChI=1S/C6H7N.C2H5NO4.Pt/c1-6-2-4-7-5-3-6;3-7-2(6)1(4)5;/h2-5H,1H3;1,4-5H,3H2;. The smallest absolute Gasteiger partial charge is 0.370 e. The molecule has 15 heavy (non-hydrogen) atoms. The van der Waals surface area contributed by atoms with Crippen molar-refractivity contribution in [2.24, 2.45) is 5.90 Å². The quantitative estimate of drug-likeness (QED) is 0.421. The summed E-state index contributed by atoms with van der Waals surface area (Å²) in [5.41, 5.74) is 1.26. The second-order valence-corrected chi connectivity index (χ2v) is 2.34. The summed E-state index contributed by atoms with van der Waals surface area (Å²) in [6.45, 7) is 2.04. The fraction of sp³-hybridized carbons (Fsp3) is 0.250. The van der Waals surface area contributed by atoms with Gasteiger partial charge < -0.3 is 15.1 Å². The van der Waals surface area contributed by atoms with Gasteiger partial charge in [0.2, 0.25) is 0 Å². The molecule has 0 saturated heterocycles. The van der Waals surface area contributed by atoms with Crippen LogP contribution in [0.3, 0.4) is 0 Å². The fourth-order valence-corrected chi connectivity index (χ4v) is 0.487. The van der Waals surface area contributed by atoms with Crippen LogP contribution in [0.15, 0.2) is 24.5 Å². The van der Waals surface area contributed by atoms with Gasteiger partial charge in [-0.25, -0.2) is 4.79 Å². The fourth-order valence-electron chi connectivity index (χ4n) is 0.487. The molecule has 0 fully saturated rings. The zero-order chi connectivity index (χ0) is 11.0. The first-order valence-electron chi connectivity index (χ1n) is 3.71. The van der Waals surface area contributed by atoms with Gasteiger partial charge in [0.25, 0.3) is 6.29 Å². The molecule has 1 heterocycles. The van der Waals surface area contributed by atoms with Gasteiger partial charge in [0.05, 0.1) is 0 Å². The second-order valence-electron chi connectivity index (χ2n) is 2.34. The molecular weight excluding hydrogens is 383 g/mol. The van der Waals surface area contributed by atoms with E-state index in [1.807, 2.05) is 19.1 Å². The molecule has 0 aliphatic heterocycles. The number of aromatic nitrogens is 1. The molecule has 0 unspecified atom stereocenters. The predicted molar refractivity (Wildman–Crippen MR) is 47.5 cm³/mol. The number of nitrogens with two attached hydrogens (primary N) is 1. The van der Waals surface area contributed by atoms with E-state index in [2.05, 4.69) is 15.7 Å². The number of aliphatic hydroxyl groups excluding tert-OH is 1. The number of aliphatic hydroxyl groups is 2. The SMILES string of the molecule is Cc1ccncc1.NOC(=O)C(O)O.[Pt].